The molecule has 3 aromatic rings. The third-order valence-electron chi connectivity index (χ3n) is 3.42. The summed E-state index contributed by atoms with van der Waals surface area (Å²) in [6.07, 6.45) is 0. The summed E-state index contributed by atoms with van der Waals surface area (Å²) in [5.74, 6) is 0. The molecule has 0 atom stereocenters. The molecule has 0 aliphatic rings. The molecule has 0 spiro atoms. The second-order valence-corrected chi connectivity index (χ2v) is 4.88. The standard InChI is InChI=1S/C18H16/c1-13-8-9-18-14(2)11-16(12-17(18)10-13)15-6-4-3-5-7-15/h3-12H,1-2H3. The molecule has 3 aromatic carbocycles. The lowest BCUT2D eigenvalue weighted by Gasteiger charge is -2.08. The summed E-state index contributed by atoms with van der Waals surface area (Å²) in [5.41, 5.74) is 5.23. The van der Waals surface area contributed by atoms with Crippen molar-refractivity contribution in [1.82, 2.24) is 0 Å². The van der Waals surface area contributed by atoms with Gasteiger partial charge in [0.2, 0.25) is 0 Å². The Balaban J connectivity index is 2.27. The largest absolute Gasteiger partial charge is 0.0622 e. The van der Waals surface area contributed by atoms with Crippen molar-refractivity contribution in [2.24, 2.45) is 0 Å². The average Bonchev–Trinajstić information content (AvgIpc) is 2.39. The van der Waals surface area contributed by atoms with Gasteiger partial charge in [-0.05, 0) is 47.4 Å². The highest BCUT2D eigenvalue weighted by atomic mass is 14.1. The van der Waals surface area contributed by atoms with Crippen LogP contribution >= 0.6 is 0 Å². The first kappa shape index (κ1) is 11.0. The Morgan fingerprint density at radius 3 is 2.22 bits per heavy atom. The summed E-state index contributed by atoms with van der Waals surface area (Å²) in [6.45, 7) is 4.33. The van der Waals surface area contributed by atoms with E-state index in [2.05, 4.69) is 74.5 Å². The van der Waals surface area contributed by atoms with Gasteiger partial charge in [0.05, 0.1) is 0 Å². The van der Waals surface area contributed by atoms with Gasteiger partial charge in [-0.3, -0.25) is 0 Å². The smallest absolute Gasteiger partial charge is 0.0154 e. The minimum atomic E-state index is 1.28. The molecule has 0 radical (unpaired) electrons. The summed E-state index contributed by atoms with van der Waals surface area (Å²) in [4.78, 5) is 0. The lowest BCUT2D eigenvalue weighted by atomic mass is 9.96. The fraction of sp³-hybridized carbons (Fsp3) is 0.111. The zero-order valence-electron chi connectivity index (χ0n) is 10.8. The van der Waals surface area contributed by atoms with Gasteiger partial charge in [0.1, 0.15) is 0 Å². The fourth-order valence-corrected chi connectivity index (χ4v) is 2.48. The highest BCUT2D eigenvalue weighted by Crippen LogP contribution is 2.27. The molecule has 0 aliphatic heterocycles. The lowest BCUT2D eigenvalue weighted by Crippen LogP contribution is -1.84. The molecular weight excluding hydrogens is 216 g/mol. The van der Waals surface area contributed by atoms with Gasteiger partial charge in [-0.2, -0.15) is 0 Å². The predicted octanol–water partition coefficient (Wildman–Crippen LogP) is 5.12. The number of fused-ring (bicyclic) bond motifs is 1. The van der Waals surface area contributed by atoms with Crippen molar-refractivity contribution >= 4 is 10.8 Å². The van der Waals surface area contributed by atoms with Gasteiger partial charge in [-0.1, -0.05) is 60.2 Å². The number of rotatable bonds is 1. The summed E-state index contributed by atoms with van der Waals surface area (Å²) in [6, 6.07) is 21.8. The zero-order valence-corrected chi connectivity index (χ0v) is 10.8. The molecule has 18 heavy (non-hydrogen) atoms. The normalized spacial score (nSPS) is 10.8. The van der Waals surface area contributed by atoms with Crippen molar-refractivity contribution < 1.29 is 0 Å². The summed E-state index contributed by atoms with van der Waals surface area (Å²) in [7, 11) is 0. The first-order chi connectivity index (χ1) is 8.74. The molecule has 0 unspecified atom stereocenters. The third-order valence-corrected chi connectivity index (χ3v) is 3.42. The van der Waals surface area contributed by atoms with Crippen molar-refractivity contribution in [3.63, 3.8) is 0 Å². The average molecular weight is 232 g/mol. The monoisotopic (exact) mass is 232 g/mol. The zero-order chi connectivity index (χ0) is 12.5. The van der Waals surface area contributed by atoms with Crippen molar-refractivity contribution in [3.05, 3.63) is 71.8 Å². The Morgan fingerprint density at radius 1 is 0.667 bits per heavy atom. The van der Waals surface area contributed by atoms with Gasteiger partial charge in [-0.15, -0.1) is 0 Å². The Hall–Kier alpha value is -2.08. The quantitative estimate of drug-likeness (QED) is 0.546. The first-order valence-corrected chi connectivity index (χ1v) is 6.30. The van der Waals surface area contributed by atoms with E-state index in [0.717, 1.165) is 0 Å². The maximum absolute atomic E-state index is 2.28. The van der Waals surface area contributed by atoms with Crippen LogP contribution in [0.5, 0.6) is 0 Å². The molecule has 0 fully saturated rings. The van der Waals surface area contributed by atoms with E-state index in [4.69, 9.17) is 0 Å². The van der Waals surface area contributed by atoms with Crippen LogP contribution in [0, 0.1) is 13.8 Å². The maximum atomic E-state index is 2.28. The van der Waals surface area contributed by atoms with E-state index in [1.165, 1.54) is 33.0 Å². The highest BCUT2D eigenvalue weighted by Gasteiger charge is 2.03. The lowest BCUT2D eigenvalue weighted by molar-refractivity contribution is 1.47. The Morgan fingerprint density at radius 2 is 1.44 bits per heavy atom. The Bertz CT molecular complexity index is 694. The molecule has 0 saturated heterocycles. The van der Waals surface area contributed by atoms with Crippen molar-refractivity contribution in [3.8, 4) is 11.1 Å². The summed E-state index contributed by atoms with van der Waals surface area (Å²) < 4.78 is 0. The highest BCUT2D eigenvalue weighted by molar-refractivity contribution is 5.90. The fourth-order valence-electron chi connectivity index (χ4n) is 2.48. The van der Waals surface area contributed by atoms with E-state index in [1.807, 2.05) is 0 Å². The Kier molecular flexibility index (Phi) is 2.64. The minimum Gasteiger partial charge on any atom is -0.0622 e. The van der Waals surface area contributed by atoms with Crippen LogP contribution in [0.3, 0.4) is 0 Å². The Labute approximate surface area is 108 Å². The third kappa shape index (κ3) is 1.91. The van der Waals surface area contributed by atoms with Crippen LogP contribution < -0.4 is 0 Å². The van der Waals surface area contributed by atoms with Crippen LogP contribution in [0.1, 0.15) is 11.1 Å². The molecule has 0 amide bonds. The molecule has 0 aromatic heterocycles. The van der Waals surface area contributed by atoms with E-state index in [1.54, 1.807) is 0 Å². The van der Waals surface area contributed by atoms with Crippen LogP contribution in [0.4, 0.5) is 0 Å². The SMILES string of the molecule is Cc1ccc2c(C)cc(-c3ccccc3)cc2c1. The van der Waals surface area contributed by atoms with Gasteiger partial charge >= 0.3 is 0 Å². The minimum absolute atomic E-state index is 1.28. The van der Waals surface area contributed by atoms with Crippen molar-refractivity contribution in [1.29, 1.82) is 0 Å². The van der Waals surface area contributed by atoms with Gasteiger partial charge in [0.15, 0.2) is 0 Å². The van der Waals surface area contributed by atoms with Crippen LogP contribution in [0.2, 0.25) is 0 Å². The van der Waals surface area contributed by atoms with E-state index >= 15 is 0 Å². The maximum Gasteiger partial charge on any atom is -0.0154 e. The second-order valence-electron chi connectivity index (χ2n) is 4.88. The van der Waals surface area contributed by atoms with E-state index in [-0.39, 0.29) is 0 Å². The second kappa shape index (κ2) is 4.30. The molecule has 3 rings (SSSR count). The molecule has 88 valence electrons. The van der Waals surface area contributed by atoms with E-state index in [9.17, 15) is 0 Å². The molecule has 0 aliphatic carbocycles. The molecule has 0 saturated carbocycles. The number of hydrogen-bond acceptors (Lipinski definition) is 0. The van der Waals surface area contributed by atoms with Crippen LogP contribution in [0.25, 0.3) is 21.9 Å². The van der Waals surface area contributed by atoms with Gasteiger partial charge in [0, 0.05) is 0 Å². The first-order valence-electron chi connectivity index (χ1n) is 6.30. The van der Waals surface area contributed by atoms with Crippen LogP contribution in [-0.4, -0.2) is 0 Å². The topological polar surface area (TPSA) is 0 Å². The number of benzene rings is 3. The molecule has 0 heterocycles. The molecule has 0 N–H and O–H groups in total. The van der Waals surface area contributed by atoms with Crippen LogP contribution in [0.15, 0.2) is 60.7 Å². The van der Waals surface area contributed by atoms with Gasteiger partial charge in [-0.25, -0.2) is 0 Å². The summed E-state index contributed by atoms with van der Waals surface area (Å²) >= 11 is 0. The molecule has 0 bridgehead atoms. The van der Waals surface area contributed by atoms with Crippen LogP contribution in [-0.2, 0) is 0 Å². The van der Waals surface area contributed by atoms with Gasteiger partial charge in [0.25, 0.3) is 0 Å². The van der Waals surface area contributed by atoms with Crippen molar-refractivity contribution in [2.45, 2.75) is 13.8 Å². The van der Waals surface area contributed by atoms with Gasteiger partial charge < -0.3 is 0 Å². The van der Waals surface area contributed by atoms with E-state index < -0.39 is 0 Å². The number of aryl methyl sites for hydroxylation is 2. The predicted molar refractivity (Wildman–Crippen MR) is 78.9 cm³/mol. The number of hydrogen-bond donors (Lipinski definition) is 0. The summed E-state index contributed by atoms with van der Waals surface area (Å²) in [5, 5.41) is 2.68. The molecule has 0 heteroatoms. The molecule has 0 nitrogen and oxygen atoms in total. The van der Waals surface area contributed by atoms with E-state index in [0.29, 0.717) is 0 Å². The van der Waals surface area contributed by atoms with Crippen molar-refractivity contribution in [2.75, 3.05) is 0 Å². The molecular formula is C18H16.